The summed E-state index contributed by atoms with van der Waals surface area (Å²) in [6, 6.07) is 21.2. The van der Waals surface area contributed by atoms with Gasteiger partial charge in [-0.1, -0.05) is 24.3 Å². The van der Waals surface area contributed by atoms with E-state index in [0.717, 1.165) is 10.5 Å². The van der Waals surface area contributed by atoms with E-state index >= 15 is 0 Å². The molecule has 0 fully saturated rings. The zero-order chi connectivity index (χ0) is 26.0. The second-order valence-corrected chi connectivity index (χ2v) is 10.1. The van der Waals surface area contributed by atoms with Crippen LogP contribution in [0.25, 0.3) is 6.08 Å². The third kappa shape index (κ3) is 7.63. The predicted octanol–water partition coefficient (Wildman–Crippen LogP) is 5.67. The van der Waals surface area contributed by atoms with Gasteiger partial charge in [-0.2, -0.15) is 11.3 Å². The summed E-state index contributed by atoms with van der Waals surface area (Å²) in [4.78, 5) is 43.2. The van der Waals surface area contributed by atoms with Crippen LogP contribution >= 0.6 is 23.1 Å². The summed E-state index contributed by atoms with van der Waals surface area (Å²) < 4.78 is 0. The van der Waals surface area contributed by atoms with E-state index in [1.165, 1.54) is 23.1 Å². The molecule has 1 atom stereocenters. The van der Waals surface area contributed by atoms with E-state index in [1.54, 1.807) is 73.1 Å². The normalized spacial score (nSPS) is 11.9. The largest absolute Gasteiger partial charge is 0.325 e. The van der Waals surface area contributed by atoms with Crippen molar-refractivity contribution >= 4 is 58.3 Å². The minimum atomic E-state index is -0.457. The Hall–Kier alpha value is -4.21. The summed E-state index contributed by atoms with van der Waals surface area (Å²) in [7, 11) is 0. The lowest BCUT2D eigenvalue weighted by molar-refractivity contribution is -0.115. The van der Waals surface area contributed by atoms with E-state index < -0.39 is 5.91 Å². The van der Waals surface area contributed by atoms with E-state index in [1.807, 2.05) is 35.9 Å². The first-order chi connectivity index (χ1) is 18.0. The van der Waals surface area contributed by atoms with Crippen molar-refractivity contribution < 1.29 is 14.4 Å². The molecule has 0 spiro atoms. The molecular weight excluding hydrogens is 504 g/mol. The average molecular weight is 529 g/mol. The van der Waals surface area contributed by atoms with Crippen LogP contribution in [0.3, 0.4) is 0 Å². The lowest BCUT2D eigenvalue weighted by Gasteiger charge is -2.14. The van der Waals surface area contributed by atoms with Gasteiger partial charge in [-0.25, -0.2) is 0 Å². The van der Waals surface area contributed by atoms with Crippen molar-refractivity contribution in [3.8, 4) is 0 Å². The first-order valence-corrected chi connectivity index (χ1v) is 13.2. The number of pyridine rings is 1. The third-order valence-corrected chi connectivity index (χ3v) is 6.90. The van der Waals surface area contributed by atoms with Crippen molar-refractivity contribution in [1.29, 1.82) is 0 Å². The second kappa shape index (κ2) is 12.7. The van der Waals surface area contributed by atoms with Gasteiger partial charge in [0.25, 0.3) is 11.8 Å². The van der Waals surface area contributed by atoms with Crippen LogP contribution in [0.1, 0.15) is 22.8 Å². The smallest absolute Gasteiger partial charge is 0.272 e. The molecule has 37 heavy (non-hydrogen) atoms. The Labute approximate surface area is 223 Å². The Morgan fingerprint density at radius 2 is 1.70 bits per heavy atom. The number of carbonyl (C=O) groups is 3. The fraction of sp³-hybridized carbons (Fsp3) is 0.0714. The fourth-order valence-corrected chi connectivity index (χ4v) is 4.79. The molecule has 0 aliphatic carbocycles. The van der Waals surface area contributed by atoms with Gasteiger partial charge >= 0.3 is 0 Å². The van der Waals surface area contributed by atoms with Gasteiger partial charge < -0.3 is 16.0 Å². The van der Waals surface area contributed by atoms with Crippen LogP contribution in [0.2, 0.25) is 0 Å². The van der Waals surface area contributed by atoms with E-state index in [0.29, 0.717) is 16.9 Å². The van der Waals surface area contributed by atoms with E-state index in [2.05, 4.69) is 20.9 Å². The number of thioether (sulfide) groups is 1. The number of hydrogen-bond acceptors (Lipinski definition) is 6. The number of rotatable bonds is 9. The second-order valence-electron chi connectivity index (χ2n) is 7.90. The zero-order valence-corrected chi connectivity index (χ0v) is 21.5. The maximum atomic E-state index is 13.2. The Bertz CT molecular complexity index is 1390. The summed E-state index contributed by atoms with van der Waals surface area (Å²) in [5.41, 5.74) is 2.60. The first-order valence-electron chi connectivity index (χ1n) is 11.4. The molecule has 9 heteroatoms. The standard InChI is InChI=1S/C28H24N4O3S2/c1-19(26(33)30-22-10-13-29-14-11-22)37-24-9-5-8-23(17-24)31-28(35)25(16-20-12-15-36-18-20)32-27(34)21-6-3-2-4-7-21/h2-19H,1H3,(H,31,35)(H,32,34)(H,29,30,33)/b25-16-. The molecule has 186 valence electrons. The van der Waals surface area contributed by atoms with Gasteiger partial charge in [0.15, 0.2) is 0 Å². The Morgan fingerprint density at radius 3 is 2.43 bits per heavy atom. The number of benzene rings is 2. The molecule has 0 radical (unpaired) electrons. The number of thiophene rings is 1. The highest BCUT2D eigenvalue weighted by molar-refractivity contribution is 8.00. The number of amides is 3. The van der Waals surface area contributed by atoms with Crippen molar-refractivity contribution in [2.45, 2.75) is 17.1 Å². The molecule has 2 aromatic carbocycles. The van der Waals surface area contributed by atoms with Gasteiger partial charge in [0.05, 0.1) is 5.25 Å². The van der Waals surface area contributed by atoms with E-state index in [4.69, 9.17) is 0 Å². The van der Waals surface area contributed by atoms with Crippen LogP contribution in [0, 0.1) is 0 Å². The molecule has 0 aliphatic rings. The summed E-state index contributed by atoms with van der Waals surface area (Å²) in [6.07, 6.45) is 4.86. The molecule has 0 aliphatic heterocycles. The number of anilines is 2. The molecule has 0 saturated heterocycles. The molecule has 4 aromatic rings. The highest BCUT2D eigenvalue weighted by atomic mass is 32.2. The number of nitrogens with zero attached hydrogens (tertiary/aromatic N) is 1. The number of carbonyl (C=O) groups excluding carboxylic acids is 3. The highest BCUT2D eigenvalue weighted by Gasteiger charge is 2.17. The lowest BCUT2D eigenvalue weighted by atomic mass is 10.2. The minimum Gasteiger partial charge on any atom is -0.325 e. The number of hydrogen-bond donors (Lipinski definition) is 3. The van der Waals surface area contributed by atoms with Crippen molar-refractivity contribution in [2.24, 2.45) is 0 Å². The molecule has 7 nitrogen and oxygen atoms in total. The third-order valence-electron chi connectivity index (χ3n) is 5.10. The van der Waals surface area contributed by atoms with Gasteiger partial charge in [-0.15, -0.1) is 11.8 Å². The molecule has 2 aromatic heterocycles. The number of aromatic nitrogens is 1. The maximum Gasteiger partial charge on any atom is 0.272 e. The summed E-state index contributed by atoms with van der Waals surface area (Å²) in [5.74, 6) is -0.980. The van der Waals surface area contributed by atoms with Gasteiger partial charge in [0.2, 0.25) is 5.91 Å². The van der Waals surface area contributed by atoms with Gasteiger partial charge in [-0.05, 0) is 77.9 Å². The van der Waals surface area contributed by atoms with E-state index in [-0.39, 0.29) is 22.8 Å². The minimum absolute atomic E-state index is 0.121. The van der Waals surface area contributed by atoms with Crippen molar-refractivity contribution in [1.82, 2.24) is 10.3 Å². The van der Waals surface area contributed by atoms with Gasteiger partial charge in [-0.3, -0.25) is 19.4 Å². The zero-order valence-electron chi connectivity index (χ0n) is 19.9. The fourth-order valence-electron chi connectivity index (χ4n) is 3.25. The Balaban J connectivity index is 1.44. The maximum absolute atomic E-state index is 13.2. The molecule has 0 saturated carbocycles. The monoisotopic (exact) mass is 528 g/mol. The van der Waals surface area contributed by atoms with Crippen LogP contribution < -0.4 is 16.0 Å². The predicted molar refractivity (Wildman–Crippen MR) is 149 cm³/mol. The summed E-state index contributed by atoms with van der Waals surface area (Å²) >= 11 is 2.87. The van der Waals surface area contributed by atoms with Crippen molar-refractivity contribution in [3.63, 3.8) is 0 Å². The number of nitrogens with one attached hydrogen (secondary N) is 3. The summed E-state index contributed by atoms with van der Waals surface area (Å²) in [6.45, 7) is 1.81. The highest BCUT2D eigenvalue weighted by Crippen LogP contribution is 2.27. The van der Waals surface area contributed by atoms with Crippen LogP contribution in [-0.2, 0) is 9.59 Å². The quantitative estimate of drug-likeness (QED) is 0.192. The topological polar surface area (TPSA) is 100 Å². The summed E-state index contributed by atoms with van der Waals surface area (Å²) in [5, 5.41) is 11.8. The Morgan fingerprint density at radius 1 is 0.919 bits per heavy atom. The molecular formula is C28H24N4O3S2. The molecule has 4 rings (SSSR count). The molecule has 1 unspecified atom stereocenters. The average Bonchev–Trinajstić information content (AvgIpc) is 3.43. The molecule has 0 bridgehead atoms. The molecule has 2 heterocycles. The van der Waals surface area contributed by atoms with Gasteiger partial charge in [0.1, 0.15) is 5.70 Å². The molecule has 3 N–H and O–H groups in total. The Kier molecular flexibility index (Phi) is 8.85. The van der Waals surface area contributed by atoms with Crippen LogP contribution in [0.15, 0.2) is 107 Å². The SMILES string of the molecule is CC(Sc1cccc(NC(=O)/C(=C/c2ccsc2)NC(=O)c2ccccc2)c1)C(=O)Nc1ccncc1. The first kappa shape index (κ1) is 25.9. The molecule has 3 amide bonds. The van der Waals surface area contributed by atoms with E-state index in [9.17, 15) is 14.4 Å². The van der Waals surface area contributed by atoms with Crippen LogP contribution in [-0.4, -0.2) is 28.0 Å². The van der Waals surface area contributed by atoms with Crippen LogP contribution in [0.5, 0.6) is 0 Å². The van der Waals surface area contributed by atoms with Gasteiger partial charge in [0, 0.05) is 34.2 Å². The van der Waals surface area contributed by atoms with Crippen molar-refractivity contribution in [2.75, 3.05) is 10.6 Å². The lowest BCUT2D eigenvalue weighted by Crippen LogP contribution is -2.30. The van der Waals surface area contributed by atoms with Crippen molar-refractivity contribution in [3.05, 3.63) is 113 Å². The van der Waals surface area contributed by atoms with Crippen LogP contribution in [0.4, 0.5) is 11.4 Å².